The molecule has 2 aromatic carbocycles. The van der Waals surface area contributed by atoms with Gasteiger partial charge in [0.25, 0.3) is 0 Å². The first-order valence-corrected chi connectivity index (χ1v) is 14.9. The zero-order chi connectivity index (χ0) is 31.4. The monoisotopic (exact) mass is 660 g/mol. The molecule has 3 heterocycles. The second-order valence-corrected chi connectivity index (χ2v) is 11.6. The molecule has 1 amide bonds. The molecule has 1 atom stereocenters. The molecule has 0 spiro atoms. The van der Waals surface area contributed by atoms with Crippen LogP contribution in [-0.2, 0) is 9.53 Å². The van der Waals surface area contributed by atoms with Gasteiger partial charge in [0, 0.05) is 32.2 Å². The first-order valence-electron chi connectivity index (χ1n) is 13.7. The van der Waals surface area contributed by atoms with E-state index in [2.05, 4.69) is 53.0 Å². The lowest BCUT2D eigenvalue weighted by Crippen LogP contribution is -2.25. The molecule has 230 valence electrons. The summed E-state index contributed by atoms with van der Waals surface area (Å²) in [5, 5.41) is 13.3. The minimum atomic E-state index is -0.580. The fourth-order valence-corrected chi connectivity index (χ4v) is 6.17. The highest BCUT2D eigenvalue weighted by Gasteiger charge is 2.32. The van der Waals surface area contributed by atoms with Gasteiger partial charge in [-0.05, 0) is 56.7 Å². The number of halogens is 2. The number of methoxy groups -OCH3 is 1. The van der Waals surface area contributed by atoms with Crippen molar-refractivity contribution in [3.05, 3.63) is 97.4 Å². The summed E-state index contributed by atoms with van der Waals surface area (Å²) in [5.74, 6) is 12.2. The molecular formula is C33H30Cl2N6O3S. The van der Waals surface area contributed by atoms with Crippen molar-refractivity contribution in [2.24, 2.45) is 10.7 Å². The van der Waals surface area contributed by atoms with Crippen LogP contribution in [0.5, 0.6) is 0 Å². The van der Waals surface area contributed by atoms with Crippen LogP contribution in [0.1, 0.15) is 67.2 Å². The van der Waals surface area contributed by atoms with E-state index in [0.29, 0.717) is 27.5 Å². The van der Waals surface area contributed by atoms with E-state index in [0.717, 1.165) is 33.2 Å². The average molecular weight is 662 g/mol. The van der Waals surface area contributed by atoms with Gasteiger partial charge in [0.1, 0.15) is 16.9 Å². The largest absolute Gasteiger partial charge is 0.465 e. The van der Waals surface area contributed by atoms with E-state index in [1.165, 1.54) is 12.0 Å². The summed E-state index contributed by atoms with van der Waals surface area (Å²) in [5.41, 5.74) is 10.7. The summed E-state index contributed by atoms with van der Waals surface area (Å²) >= 11 is 7.85. The number of esters is 1. The highest BCUT2D eigenvalue weighted by atomic mass is 35.5. The summed E-state index contributed by atoms with van der Waals surface area (Å²) < 4.78 is 6.84. The molecule has 9 nitrogen and oxygen atoms in total. The van der Waals surface area contributed by atoms with Gasteiger partial charge in [-0.3, -0.25) is 14.4 Å². The number of aliphatic imine (C=N–C) groups is 1. The van der Waals surface area contributed by atoms with Gasteiger partial charge in [0.2, 0.25) is 5.91 Å². The van der Waals surface area contributed by atoms with Crippen LogP contribution in [0.15, 0.2) is 47.5 Å². The molecule has 0 radical (unpaired) electrons. The summed E-state index contributed by atoms with van der Waals surface area (Å²) in [6, 6.07) is 12.0. The summed E-state index contributed by atoms with van der Waals surface area (Å²) in [6.45, 7) is 6.33. The van der Waals surface area contributed by atoms with Gasteiger partial charge < -0.3 is 15.8 Å². The number of nitrogens with two attached hydrogens (primary N) is 1. The van der Waals surface area contributed by atoms with Crippen LogP contribution in [0.3, 0.4) is 0 Å². The van der Waals surface area contributed by atoms with Crippen molar-refractivity contribution in [1.82, 2.24) is 20.1 Å². The highest BCUT2D eigenvalue weighted by Crippen LogP contribution is 2.39. The fourth-order valence-electron chi connectivity index (χ4n) is 4.83. The zero-order valence-electron chi connectivity index (χ0n) is 25.0. The SMILES string of the molecule is COC(=O)c1ccc(C#CCNC(=O)C[C@@H]2N=C(c3ccc(Cl)cc3)c3c(sc(C)c3C)-n3c(C)nnc32)cc1C#CCN.Cl. The molecule has 2 aromatic heterocycles. The highest BCUT2D eigenvalue weighted by molar-refractivity contribution is 7.15. The van der Waals surface area contributed by atoms with Gasteiger partial charge in [-0.2, -0.15) is 0 Å². The number of aryl methyl sites for hydroxylation is 2. The van der Waals surface area contributed by atoms with Crippen molar-refractivity contribution < 1.29 is 14.3 Å². The zero-order valence-corrected chi connectivity index (χ0v) is 27.4. The number of carbonyl (C=O) groups is 2. The first kappa shape index (κ1) is 33.4. The number of benzene rings is 2. The second kappa shape index (κ2) is 14.6. The van der Waals surface area contributed by atoms with Crippen LogP contribution < -0.4 is 11.1 Å². The summed E-state index contributed by atoms with van der Waals surface area (Å²) in [7, 11) is 1.31. The van der Waals surface area contributed by atoms with Crippen LogP contribution in [0, 0.1) is 44.5 Å². The van der Waals surface area contributed by atoms with E-state index >= 15 is 0 Å². The van der Waals surface area contributed by atoms with E-state index in [9.17, 15) is 9.59 Å². The summed E-state index contributed by atoms with van der Waals surface area (Å²) in [4.78, 5) is 31.6. The Kier molecular flexibility index (Phi) is 10.8. The van der Waals surface area contributed by atoms with Gasteiger partial charge >= 0.3 is 5.97 Å². The number of carbonyl (C=O) groups excluding carboxylic acids is 2. The normalized spacial score (nSPS) is 12.9. The molecular weight excluding hydrogens is 631 g/mol. The van der Waals surface area contributed by atoms with E-state index in [1.807, 2.05) is 35.8 Å². The van der Waals surface area contributed by atoms with E-state index in [4.69, 9.17) is 27.1 Å². The predicted octanol–water partition coefficient (Wildman–Crippen LogP) is 4.88. The number of aromatic nitrogens is 3. The number of fused-ring (bicyclic) bond motifs is 3. The molecule has 5 rings (SSSR count). The molecule has 1 aliphatic rings. The van der Waals surface area contributed by atoms with Gasteiger partial charge in [-0.15, -0.1) is 33.9 Å². The van der Waals surface area contributed by atoms with Crippen LogP contribution in [0.4, 0.5) is 0 Å². The molecule has 0 aliphatic carbocycles. The molecule has 4 aromatic rings. The van der Waals surface area contributed by atoms with Crippen LogP contribution in [-0.4, -0.2) is 52.6 Å². The minimum Gasteiger partial charge on any atom is -0.465 e. The van der Waals surface area contributed by atoms with E-state index < -0.39 is 12.0 Å². The third kappa shape index (κ3) is 7.11. The molecule has 0 unspecified atom stereocenters. The molecule has 0 saturated heterocycles. The number of hydrogen-bond donors (Lipinski definition) is 2. The number of nitrogens with one attached hydrogen (secondary N) is 1. The molecule has 12 heteroatoms. The maximum absolute atomic E-state index is 13.2. The third-order valence-electron chi connectivity index (χ3n) is 7.09. The van der Waals surface area contributed by atoms with Crippen LogP contribution in [0.25, 0.3) is 5.00 Å². The Hall–Kier alpha value is -4.45. The van der Waals surface area contributed by atoms with Crippen molar-refractivity contribution in [1.29, 1.82) is 0 Å². The van der Waals surface area contributed by atoms with Crippen LogP contribution in [0.2, 0.25) is 5.02 Å². The van der Waals surface area contributed by atoms with Crippen molar-refractivity contribution in [3.63, 3.8) is 0 Å². The Morgan fingerprint density at radius 3 is 2.56 bits per heavy atom. The topological polar surface area (TPSA) is 124 Å². The van der Waals surface area contributed by atoms with Crippen molar-refractivity contribution >= 4 is 52.9 Å². The molecule has 45 heavy (non-hydrogen) atoms. The maximum Gasteiger partial charge on any atom is 0.339 e. The van der Waals surface area contributed by atoms with Crippen molar-refractivity contribution in [2.45, 2.75) is 33.2 Å². The van der Waals surface area contributed by atoms with Crippen molar-refractivity contribution in [3.8, 4) is 28.7 Å². The fraction of sp³-hybridized carbons (Fsp3) is 0.242. The lowest BCUT2D eigenvalue weighted by molar-refractivity contribution is -0.121. The third-order valence-corrected chi connectivity index (χ3v) is 8.54. The predicted molar refractivity (Wildman–Crippen MR) is 179 cm³/mol. The van der Waals surface area contributed by atoms with Crippen LogP contribution >= 0.6 is 35.3 Å². The Labute approximate surface area is 276 Å². The number of ether oxygens (including phenoxy) is 1. The van der Waals surface area contributed by atoms with Gasteiger partial charge in [0.15, 0.2) is 5.82 Å². The minimum absolute atomic E-state index is 0. The Bertz CT molecular complexity index is 1920. The van der Waals surface area contributed by atoms with E-state index in [1.54, 1.807) is 29.5 Å². The smallest absolute Gasteiger partial charge is 0.339 e. The average Bonchev–Trinajstić information content (AvgIpc) is 3.50. The second-order valence-electron chi connectivity index (χ2n) is 9.95. The number of thiophene rings is 1. The number of amides is 1. The van der Waals surface area contributed by atoms with E-state index in [-0.39, 0.29) is 37.8 Å². The Morgan fingerprint density at radius 2 is 1.84 bits per heavy atom. The standard InChI is InChI=1S/C33H29ClN6O3S.ClH/c1-19-20(2)44-32-29(19)30(23-10-12-25(34)13-11-23)37-27(31-39-38-21(3)40(31)32)18-28(41)36-16-6-7-22-9-14-26(33(42)43-4)24(17-22)8-5-15-35;/h9-14,17,27H,15-16,18,35H2,1-4H3,(H,36,41);1H/t27-;/m0./s1. The Balaban J connectivity index is 0.00000461. The first-order chi connectivity index (χ1) is 21.2. The number of hydrogen-bond acceptors (Lipinski definition) is 8. The van der Waals surface area contributed by atoms with Crippen molar-refractivity contribution in [2.75, 3.05) is 20.2 Å². The molecule has 0 bridgehead atoms. The number of rotatable bonds is 5. The lowest BCUT2D eigenvalue weighted by Gasteiger charge is -2.12. The quantitative estimate of drug-likeness (QED) is 0.232. The number of nitrogens with zero attached hydrogens (tertiary/aromatic N) is 4. The lowest BCUT2D eigenvalue weighted by atomic mass is 9.99. The van der Waals surface area contributed by atoms with Gasteiger partial charge in [-0.25, -0.2) is 4.79 Å². The molecule has 3 N–H and O–H groups in total. The molecule has 0 fully saturated rings. The molecule has 0 saturated carbocycles. The van der Waals surface area contributed by atoms with Gasteiger partial charge in [0.05, 0.1) is 37.9 Å². The van der Waals surface area contributed by atoms with Gasteiger partial charge in [-0.1, -0.05) is 47.4 Å². The summed E-state index contributed by atoms with van der Waals surface area (Å²) in [6.07, 6.45) is 0.0521. The molecule has 1 aliphatic heterocycles. The maximum atomic E-state index is 13.2. The Morgan fingerprint density at radius 1 is 1.09 bits per heavy atom.